The van der Waals surface area contributed by atoms with E-state index in [0.717, 1.165) is 27.4 Å². The van der Waals surface area contributed by atoms with Gasteiger partial charge in [-0.2, -0.15) is 0 Å². The molecule has 0 N–H and O–H groups in total. The zero-order chi connectivity index (χ0) is 11.2. The first-order chi connectivity index (χ1) is 6.45. The van der Waals surface area contributed by atoms with Crippen LogP contribution in [0, 0.1) is 24.2 Å². The van der Waals surface area contributed by atoms with Crippen LogP contribution < -0.4 is 0 Å². The van der Waals surface area contributed by atoms with E-state index in [1.165, 1.54) is 13.1 Å². The highest BCUT2D eigenvalue weighted by Gasteiger charge is 2.27. The van der Waals surface area contributed by atoms with Crippen LogP contribution in [-0.4, -0.2) is 28.7 Å². The number of terminal acetylenes is 1. The molecule has 0 bridgehead atoms. The molecule has 0 amide bonds. The van der Waals surface area contributed by atoms with Crippen molar-refractivity contribution < 1.29 is 4.48 Å². The maximum atomic E-state index is 5.47. The Morgan fingerprint density at radius 2 is 1.57 bits per heavy atom. The van der Waals surface area contributed by atoms with Crippen molar-refractivity contribution in [2.45, 2.75) is 27.7 Å². The number of quaternary nitrogens is 1. The van der Waals surface area contributed by atoms with Crippen molar-refractivity contribution in [3.8, 4) is 12.3 Å². The molecule has 0 aromatic carbocycles. The average molecular weight is 308 g/mol. The lowest BCUT2D eigenvalue weighted by Crippen LogP contribution is -2.51. The van der Waals surface area contributed by atoms with Crippen LogP contribution in [0.25, 0.3) is 0 Å². The van der Waals surface area contributed by atoms with Gasteiger partial charge in [0.15, 0.2) is 0 Å². The maximum absolute atomic E-state index is 5.47. The van der Waals surface area contributed by atoms with Gasteiger partial charge in [0, 0.05) is 11.8 Å². The minimum Gasteiger partial charge on any atom is -0.305 e. The highest BCUT2D eigenvalue weighted by atomic mass is 127. The van der Waals surface area contributed by atoms with Crippen LogP contribution in [0.5, 0.6) is 0 Å². The molecule has 0 saturated heterocycles. The maximum Gasteiger partial charge on any atom is 0.141 e. The van der Waals surface area contributed by atoms with Crippen molar-refractivity contribution in [3.05, 3.63) is 0 Å². The van der Waals surface area contributed by atoms with Crippen molar-refractivity contribution in [2.75, 3.05) is 24.2 Å². The molecule has 0 aromatic heterocycles. The van der Waals surface area contributed by atoms with Gasteiger partial charge in [0.25, 0.3) is 0 Å². The summed E-state index contributed by atoms with van der Waals surface area (Å²) in [5, 5.41) is 0. The Balaban J connectivity index is 4.52. The van der Waals surface area contributed by atoms with Crippen LogP contribution in [0.1, 0.15) is 27.7 Å². The smallest absolute Gasteiger partial charge is 0.141 e. The van der Waals surface area contributed by atoms with Crippen LogP contribution in [0.2, 0.25) is 0 Å². The molecule has 0 aliphatic carbocycles. The van der Waals surface area contributed by atoms with Gasteiger partial charge in [-0.15, -0.1) is 6.42 Å². The number of alkyl halides is 1. The Kier molecular flexibility index (Phi) is 6.80. The topological polar surface area (TPSA) is 0 Å². The Morgan fingerprint density at radius 1 is 1.14 bits per heavy atom. The number of hydrogen-bond acceptors (Lipinski definition) is 0. The molecule has 2 heteroatoms. The summed E-state index contributed by atoms with van der Waals surface area (Å²) in [5.41, 5.74) is 0. The van der Waals surface area contributed by atoms with Gasteiger partial charge in [-0.3, -0.25) is 0 Å². The zero-order valence-corrected chi connectivity index (χ0v) is 12.0. The van der Waals surface area contributed by atoms with Gasteiger partial charge in [0.05, 0.1) is 13.1 Å². The minimum absolute atomic E-state index is 0.719. The SMILES string of the molecule is C#CC[N+](CI)(CC(C)C)CC(C)C. The van der Waals surface area contributed by atoms with E-state index in [0.29, 0.717) is 0 Å². The van der Waals surface area contributed by atoms with Gasteiger partial charge >= 0.3 is 0 Å². The fourth-order valence-corrected chi connectivity index (χ4v) is 2.88. The molecule has 0 saturated carbocycles. The highest BCUT2D eigenvalue weighted by Crippen LogP contribution is 2.17. The molecule has 82 valence electrons. The van der Waals surface area contributed by atoms with Gasteiger partial charge < -0.3 is 4.48 Å². The predicted octanol–water partition coefficient (Wildman–Crippen LogP) is 3.14. The molecule has 0 spiro atoms. The second kappa shape index (κ2) is 6.68. The monoisotopic (exact) mass is 308 g/mol. The van der Waals surface area contributed by atoms with Crippen molar-refractivity contribution in [3.63, 3.8) is 0 Å². The van der Waals surface area contributed by atoms with E-state index in [1.807, 2.05) is 0 Å². The van der Waals surface area contributed by atoms with E-state index < -0.39 is 0 Å². The molecular weight excluding hydrogens is 285 g/mol. The van der Waals surface area contributed by atoms with E-state index in [1.54, 1.807) is 0 Å². The summed E-state index contributed by atoms with van der Waals surface area (Å²) in [4.78, 5) is 0. The predicted molar refractivity (Wildman–Crippen MR) is 72.3 cm³/mol. The summed E-state index contributed by atoms with van der Waals surface area (Å²) in [6, 6.07) is 0. The third kappa shape index (κ3) is 5.21. The molecule has 0 atom stereocenters. The Bertz CT molecular complexity index is 181. The minimum atomic E-state index is 0.719. The number of hydrogen-bond donors (Lipinski definition) is 0. The summed E-state index contributed by atoms with van der Waals surface area (Å²) in [6.45, 7) is 12.4. The van der Waals surface area contributed by atoms with Crippen molar-refractivity contribution in [1.82, 2.24) is 0 Å². The van der Waals surface area contributed by atoms with Crippen LogP contribution in [0.15, 0.2) is 0 Å². The third-order valence-corrected chi connectivity index (χ3v) is 3.63. The van der Waals surface area contributed by atoms with Crippen LogP contribution >= 0.6 is 22.6 Å². The molecule has 0 aliphatic heterocycles. The molecule has 0 rings (SSSR count). The van der Waals surface area contributed by atoms with Crippen molar-refractivity contribution >= 4 is 22.6 Å². The van der Waals surface area contributed by atoms with Crippen LogP contribution in [0.4, 0.5) is 0 Å². The summed E-state index contributed by atoms with van der Waals surface area (Å²) < 4.78 is 2.20. The molecule has 0 unspecified atom stereocenters. The Morgan fingerprint density at radius 3 is 1.79 bits per heavy atom. The normalized spacial score (nSPS) is 12.1. The molecule has 14 heavy (non-hydrogen) atoms. The molecule has 0 fully saturated rings. The summed E-state index contributed by atoms with van der Waals surface area (Å²) in [6.07, 6.45) is 5.47. The second-order valence-electron chi connectivity index (χ2n) is 4.98. The second-order valence-corrected chi connectivity index (χ2v) is 5.66. The van der Waals surface area contributed by atoms with Gasteiger partial charge in [-0.25, -0.2) is 0 Å². The Hall–Kier alpha value is 0.250. The molecular formula is C12H23IN+. The third-order valence-electron chi connectivity index (χ3n) is 2.19. The first kappa shape index (κ1) is 14.2. The van der Waals surface area contributed by atoms with Gasteiger partial charge in [0.2, 0.25) is 0 Å². The molecule has 0 aliphatic rings. The van der Waals surface area contributed by atoms with E-state index in [2.05, 4.69) is 56.2 Å². The molecule has 0 aromatic rings. The van der Waals surface area contributed by atoms with E-state index in [-0.39, 0.29) is 0 Å². The lowest BCUT2D eigenvalue weighted by molar-refractivity contribution is -0.912. The lowest BCUT2D eigenvalue weighted by atomic mass is 10.1. The largest absolute Gasteiger partial charge is 0.305 e. The first-order valence-corrected chi connectivity index (χ1v) is 6.83. The van der Waals surface area contributed by atoms with Crippen molar-refractivity contribution in [2.24, 2.45) is 11.8 Å². The van der Waals surface area contributed by atoms with Crippen LogP contribution in [0.3, 0.4) is 0 Å². The van der Waals surface area contributed by atoms with E-state index in [4.69, 9.17) is 6.42 Å². The molecule has 0 radical (unpaired) electrons. The fraction of sp³-hybridized carbons (Fsp3) is 0.833. The van der Waals surface area contributed by atoms with Crippen LogP contribution in [-0.2, 0) is 0 Å². The first-order valence-electron chi connectivity index (χ1n) is 5.30. The summed E-state index contributed by atoms with van der Waals surface area (Å²) >= 11 is 2.47. The number of rotatable bonds is 6. The lowest BCUT2D eigenvalue weighted by Gasteiger charge is -2.38. The van der Waals surface area contributed by atoms with Gasteiger partial charge in [-0.1, -0.05) is 27.7 Å². The Labute approximate surface area is 103 Å². The fourth-order valence-electron chi connectivity index (χ4n) is 2.09. The number of halogens is 1. The van der Waals surface area contributed by atoms with Gasteiger partial charge in [0.1, 0.15) is 11.1 Å². The quantitative estimate of drug-likeness (QED) is 0.232. The zero-order valence-electron chi connectivity index (χ0n) is 9.89. The average Bonchev–Trinajstić information content (AvgIpc) is 2.02. The molecule has 0 heterocycles. The van der Waals surface area contributed by atoms with Gasteiger partial charge in [-0.05, 0) is 28.5 Å². The number of nitrogens with zero attached hydrogens (tertiary/aromatic N) is 1. The van der Waals surface area contributed by atoms with E-state index >= 15 is 0 Å². The summed E-state index contributed by atoms with van der Waals surface area (Å²) in [5.74, 6) is 4.28. The standard InChI is InChI=1S/C12H23IN/c1-6-7-14(10-13,8-11(2)3)9-12(4)5/h1,11-12H,7-10H2,2-5H3/q+1. The van der Waals surface area contributed by atoms with Crippen molar-refractivity contribution in [1.29, 1.82) is 0 Å². The summed E-state index contributed by atoms with van der Waals surface area (Å²) in [7, 11) is 0. The molecule has 1 nitrogen and oxygen atoms in total. The van der Waals surface area contributed by atoms with E-state index in [9.17, 15) is 0 Å². The highest BCUT2D eigenvalue weighted by molar-refractivity contribution is 14.1.